The Kier molecular flexibility index (Phi) is 6.20. The molecule has 2 aromatic rings. The molecule has 0 heterocycles. The third-order valence-electron chi connectivity index (χ3n) is 3.42. The molecule has 2 nitrogen and oxygen atoms in total. The normalized spacial score (nSPS) is 12.3. The second-order valence-electron chi connectivity index (χ2n) is 5.31. The average molecular weight is 281 g/mol. The van der Waals surface area contributed by atoms with Gasteiger partial charge in [-0.25, -0.2) is 0 Å². The van der Waals surface area contributed by atoms with Crippen molar-refractivity contribution in [3.8, 4) is 0 Å². The molecule has 1 atom stereocenters. The zero-order valence-corrected chi connectivity index (χ0v) is 12.4. The Morgan fingerprint density at radius 2 is 1.52 bits per heavy atom. The van der Waals surface area contributed by atoms with Gasteiger partial charge in [0.15, 0.2) is 0 Å². The molecule has 2 rings (SSSR count). The predicted molar refractivity (Wildman–Crippen MR) is 88.1 cm³/mol. The molecule has 0 bridgehead atoms. The van der Waals surface area contributed by atoms with E-state index in [0.29, 0.717) is 13.0 Å². The quantitative estimate of drug-likeness (QED) is 0.751. The minimum atomic E-state index is -0.365. The molecule has 0 amide bonds. The molecule has 2 aromatic carbocycles. The van der Waals surface area contributed by atoms with Crippen LogP contribution in [-0.2, 0) is 13.0 Å². The Hall–Kier alpha value is -1.90. The van der Waals surface area contributed by atoms with Crippen LogP contribution in [0.15, 0.2) is 73.3 Å². The lowest BCUT2D eigenvalue weighted by molar-refractivity contribution is 0.115. The highest BCUT2D eigenvalue weighted by Crippen LogP contribution is 2.08. The van der Waals surface area contributed by atoms with Gasteiger partial charge in [-0.1, -0.05) is 66.7 Å². The number of hydrogen-bond acceptors (Lipinski definition) is 2. The first-order chi connectivity index (χ1) is 10.3. The van der Waals surface area contributed by atoms with Crippen LogP contribution in [-0.4, -0.2) is 29.2 Å². The van der Waals surface area contributed by atoms with E-state index < -0.39 is 0 Å². The summed E-state index contributed by atoms with van der Waals surface area (Å²) in [5, 5.41) is 10.3. The van der Waals surface area contributed by atoms with Gasteiger partial charge in [0, 0.05) is 19.6 Å². The maximum atomic E-state index is 10.3. The summed E-state index contributed by atoms with van der Waals surface area (Å²) in [4.78, 5) is 2.22. The minimum Gasteiger partial charge on any atom is -0.391 e. The summed E-state index contributed by atoms with van der Waals surface area (Å²) in [5.41, 5.74) is 2.43. The van der Waals surface area contributed by atoms with Crippen LogP contribution in [0.1, 0.15) is 11.1 Å². The van der Waals surface area contributed by atoms with E-state index >= 15 is 0 Å². The summed E-state index contributed by atoms with van der Waals surface area (Å²) in [5.74, 6) is 0. The summed E-state index contributed by atoms with van der Waals surface area (Å²) in [7, 11) is 0. The molecule has 0 spiro atoms. The van der Waals surface area contributed by atoms with Crippen molar-refractivity contribution in [1.29, 1.82) is 0 Å². The van der Waals surface area contributed by atoms with E-state index in [0.717, 1.165) is 13.1 Å². The van der Waals surface area contributed by atoms with Gasteiger partial charge in [-0.15, -0.1) is 6.58 Å². The fraction of sp³-hybridized carbons (Fsp3) is 0.263. The Bertz CT molecular complexity index is 524. The van der Waals surface area contributed by atoms with Gasteiger partial charge in [0.05, 0.1) is 6.10 Å². The molecule has 2 heteroatoms. The lowest BCUT2D eigenvalue weighted by Gasteiger charge is -2.24. The van der Waals surface area contributed by atoms with Crippen molar-refractivity contribution >= 4 is 0 Å². The minimum absolute atomic E-state index is 0.365. The molecule has 0 saturated carbocycles. The van der Waals surface area contributed by atoms with Crippen LogP contribution in [0.3, 0.4) is 0 Å². The monoisotopic (exact) mass is 281 g/mol. The summed E-state index contributed by atoms with van der Waals surface area (Å²) in [6.07, 6.45) is 2.21. The largest absolute Gasteiger partial charge is 0.391 e. The van der Waals surface area contributed by atoms with Gasteiger partial charge in [-0.05, 0) is 17.5 Å². The van der Waals surface area contributed by atoms with Crippen molar-refractivity contribution in [1.82, 2.24) is 4.90 Å². The summed E-state index contributed by atoms with van der Waals surface area (Å²) < 4.78 is 0. The fourth-order valence-electron chi connectivity index (χ4n) is 2.48. The predicted octanol–water partition coefficient (Wildman–Crippen LogP) is 3.28. The summed E-state index contributed by atoms with van der Waals surface area (Å²) in [6, 6.07) is 20.4. The van der Waals surface area contributed by atoms with Crippen LogP contribution in [0.5, 0.6) is 0 Å². The molecule has 1 unspecified atom stereocenters. The third kappa shape index (κ3) is 5.54. The number of benzene rings is 2. The molecule has 0 aromatic heterocycles. The number of nitrogens with zero attached hydrogens (tertiary/aromatic N) is 1. The van der Waals surface area contributed by atoms with Crippen molar-refractivity contribution < 1.29 is 5.11 Å². The van der Waals surface area contributed by atoms with Crippen molar-refractivity contribution in [3.05, 3.63) is 84.4 Å². The fourth-order valence-corrected chi connectivity index (χ4v) is 2.48. The Morgan fingerprint density at radius 3 is 2.10 bits per heavy atom. The molecule has 0 aliphatic heterocycles. The van der Waals surface area contributed by atoms with Crippen LogP contribution in [0, 0.1) is 0 Å². The van der Waals surface area contributed by atoms with Gasteiger partial charge in [0.2, 0.25) is 0 Å². The highest BCUT2D eigenvalue weighted by atomic mass is 16.3. The Morgan fingerprint density at radius 1 is 0.952 bits per heavy atom. The van der Waals surface area contributed by atoms with E-state index in [1.807, 2.05) is 42.5 Å². The second kappa shape index (κ2) is 8.40. The van der Waals surface area contributed by atoms with Crippen LogP contribution >= 0.6 is 0 Å². The molecule has 0 fully saturated rings. The molecule has 0 radical (unpaired) electrons. The average Bonchev–Trinajstić information content (AvgIpc) is 2.49. The second-order valence-corrected chi connectivity index (χ2v) is 5.31. The van der Waals surface area contributed by atoms with Gasteiger partial charge in [-0.2, -0.15) is 0 Å². The summed E-state index contributed by atoms with van der Waals surface area (Å²) >= 11 is 0. The molecule has 0 aliphatic rings. The van der Waals surface area contributed by atoms with E-state index in [9.17, 15) is 5.11 Å². The first-order valence-corrected chi connectivity index (χ1v) is 7.37. The topological polar surface area (TPSA) is 23.5 Å². The molecule has 1 N–H and O–H groups in total. The van der Waals surface area contributed by atoms with E-state index in [-0.39, 0.29) is 6.10 Å². The highest BCUT2D eigenvalue weighted by molar-refractivity contribution is 5.16. The van der Waals surface area contributed by atoms with E-state index in [1.54, 1.807) is 0 Å². The van der Waals surface area contributed by atoms with Crippen molar-refractivity contribution in [3.63, 3.8) is 0 Å². The first kappa shape index (κ1) is 15.5. The zero-order valence-electron chi connectivity index (χ0n) is 12.4. The molecule has 110 valence electrons. The van der Waals surface area contributed by atoms with Gasteiger partial charge in [0.25, 0.3) is 0 Å². The van der Waals surface area contributed by atoms with Crippen molar-refractivity contribution in [2.24, 2.45) is 0 Å². The third-order valence-corrected chi connectivity index (χ3v) is 3.42. The lowest BCUT2D eigenvalue weighted by Crippen LogP contribution is -2.33. The molecular weight excluding hydrogens is 258 g/mol. The van der Waals surface area contributed by atoms with E-state index in [2.05, 4.69) is 35.7 Å². The van der Waals surface area contributed by atoms with Crippen LogP contribution in [0.25, 0.3) is 0 Å². The summed E-state index contributed by atoms with van der Waals surface area (Å²) in [6.45, 7) is 6.07. The molecule has 0 aliphatic carbocycles. The SMILES string of the molecule is C=CCN(Cc1ccccc1)CC(O)Cc1ccccc1. The Labute approximate surface area is 127 Å². The van der Waals surface area contributed by atoms with E-state index in [4.69, 9.17) is 0 Å². The Balaban J connectivity index is 1.91. The zero-order chi connectivity index (χ0) is 14.9. The molecular formula is C19H23NO. The van der Waals surface area contributed by atoms with Crippen molar-refractivity contribution in [2.75, 3.05) is 13.1 Å². The maximum Gasteiger partial charge on any atom is 0.0707 e. The standard InChI is InChI=1S/C19H23NO/c1-2-13-20(15-18-11-7-4-8-12-18)16-19(21)14-17-9-5-3-6-10-17/h2-12,19,21H,1,13-16H2. The van der Waals surface area contributed by atoms with E-state index in [1.165, 1.54) is 11.1 Å². The van der Waals surface area contributed by atoms with Crippen LogP contribution in [0.2, 0.25) is 0 Å². The number of rotatable bonds is 8. The lowest BCUT2D eigenvalue weighted by atomic mass is 10.1. The first-order valence-electron chi connectivity index (χ1n) is 7.37. The van der Waals surface area contributed by atoms with Crippen LogP contribution in [0.4, 0.5) is 0 Å². The van der Waals surface area contributed by atoms with Gasteiger partial charge >= 0.3 is 0 Å². The maximum absolute atomic E-state index is 10.3. The number of aliphatic hydroxyl groups is 1. The smallest absolute Gasteiger partial charge is 0.0707 e. The van der Waals surface area contributed by atoms with Crippen LogP contribution < -0.4 is 0 Å². The van der Waals surface area contributed by atoms with Crippen molar-refractivity contribution in [2.45, 2.75) is 19.1 Å². The van der Waals surface area contributed by atoms with Gasteiger partial charge < -0.3 is 5.11 Å². The van der Waals surface area contributed by atoms with Gasteiger partial charge in [-0.3, -0.25) is 4.90 Å². The number of hydrogen-bond donors (Lipinski definition) is 1. The highest BCUT2D eigenvalue weighted by Gasteiger charge is 2.11. The molecule has 21 heavy (non-hydrogen) atoms. The number of aliphatic hydroxyl groups excluding tert-OH is 1. The molecule has 0 saturated heterocycles. The van der Waals surface area contributed by atoms with Gasteiger partial charge in [0.1, 0.15) is 0 Å².